The average Bonchev–Trinajstić information content (AvgIpc) is 2.94. The lowest BCUT2D eigenvalue weighted by molar-refractivity contribution is 0.327. The molecule has 0 bridgehead atoms. The van der Waals surface area contributed by atoms with Gasteiger partial charge in [0.15, 0.2) is 5.82 Å². The molecule has 1 aliphatic carbocycles. The maximum Gasteiger partial charge on any atom is 0.153 e. The molecule has 0 spiro atoms. The van der Waals surface area contributed by atoms with Gasteiger partial charge in [-0.3, -0.25) is 0 Å². The van der Waals surface area contributed by atoms with Gasteiger partial charge < -0.3 is 5.32 Å². The summed E-state index contributed by atoms with van der Waals surface area (Å²) in [6.07, 6.45) is 6.57. The predicted molar refractivity (Wildman–Crippen MR) is 83.6 cm³/mol. The molecule has 0 radical (unpaired) electrons. The van der Waals surface area contributed by atoms with Crippen LogP contribution in [-0.2, 0) is 0 Å². The Kier molecular flexibility index (Phi) is 4.18. The number of hydrogen-bond donors (Lipinski definition) is 1. The van der Waals surface area contributed by atoms with E-state index in [0.29, 0.717) is 6.04 Å². The normalized spacial score (nSPS) is 22.2. The zero-order chi connectivity index (χ0) is 14.7. The monoisotopic (exact) mass is 285 g/mol. The Bertz CT molecular complexity index is 592. The molecule has 1 heterocycles. The number of hydrogen-bond acceptors (Lipinski definition) is 4. The van der Waals surface area contributed by atoms with Crippen LogP contribution >= 0.6 is 0 Å². The standard InChI is InChI=1S/C16H23N5/c1-3-13-6-4-7-14(10-13)17-15-8-5-9-16(11-15)21-12(2)18-19-20-21/h5,8-9,11,13-14,17H,3-4,6-7,10H2,1-2H3. The first-order chi connectivity index (χ1) is 10.3. The van der Waals surface area contributed by atoms with Crippen molar-refractivity contribution < 1.29 is 0 Å². The van der Waals surface area contributed by atoms with Gasteiger partial charge in [-0.2, -0.15) is 4.68 Å². The lowest BCUT2D eigenvalue weighted by Gasteiger charge is -2.30. The maximum atomic E-state index is 4.03. The van der Waals surface area contributed by atoms with Crippen molar-refractivity contribution in [2.75, 3.05) is 5.32 Å². The molecule has 5 nitrogen and oxygen atoms in total. The van der Waals surface area contributed by atoms with E-state index in [9.17, 15) is 0 Å². The van der Waals surface area contributed by atoms with Gasteiger partial charge in [0.2, 0.25) is 0 Å². The minimum atomic E-state index is 0.592. The molecule has 2 unspecified atom stereocenters. The quantitative estimate of drug-likeness (QED) is 0.936. The molecule has 5 heteroatoms. The van der Waals surface area contributed by atoms with Crippen LogP contribution in [0.1, 0.15) is 44.9 Å². The molecule has 1 saturated carbocycles. The number of tetrazole rings is 1. The molecule has 3 rings (SSSR count). The van der Waals surface area contributed by atoms with E-state index in [-0.39, 0.29) is 0 Å². The Labute approximate surface area is 125 Å². The maximum absolute atomic E-state index is 4.03. The van der Waals surface area contributed by atoms with Crippen LogP contribution in [0.4, 0.5) is 5.69 Å². The summed E-state index contributed by atoms with van der Waals surface area (Å²) in [5.74, 6) is 1.68. The lowest BCUT2D eigenvalue weighted by atomic mass is 9.84. The highest BCUT2D eigenvalue weighted by atomic mass is 15.5. The van der Waals surface area contributed by atoms with Crippen molar-refractivity contribution in [2.24, 2.45) is 5.92 Å². The highest BCUT2D eigenvalue weighted by molar-refractivity contribution is 5.51. The van der Waals surface area contributed by atoms with Crippen molar-refractivity contribution >= 4 is 5.69 Å². The molecule has 112 valence electrons. The molecule has 1 aromatic heterocycles. The molecule has 1 fully saturated rings. The first-order valence-electron chi connectivity index (χ1n) is 7.88. The van der Waals surface area contributed by atoms with Crippen LogP contribution in [0.25, 0.3) is 5.69 Å². The minimum absolute atomic E-state index is 0.592. The molecular formula is C16H23N5. The van der Waals surface area contributed by atoms with E-state index in [1.807, 2.05) is 13.0 Å². The number of aromatic nitrogens is 4. The van der Waals surface area contributed by atoms with Gasteiger partial charge in [0.1, 0.15) is 0 Å². The molecule has 1 N–H and O–H groups in total. The average molecular weight is 285 g/mol. The first-order valence-corrected chi connectivity index (χ1v) is 7.88. The summed E-state index contributed by atoms with van der Waals surface area (Å²) in [4.78, 5) is 0. The second-order valence-electron chi connectivity index (χ2n) is 5.97. The third-order valence-corrected chi connectivity index (χ3v) is 4.45. The van der Waals surface area contributed by atoms with Crippen LogP contribution < -0.4 is 5.32 Å². The van der Waals surface area contributed by atoms with Crippen LogP contribution in [0.2, 0.25) is 0 Å². The van der Waals surface area contributed by atoms with Crippen molar-refractivity contribution in [1.29, 1.82) is 0 Å². The van der Waals surface area contributed by atoms with E-state index >= 15 is 0 Å². The Morgan fingerprint density at radius 2 is 2.24 bits per heavy atom. The van der Waals surface area contributed by atoms with Gasteiger partial charge in [-0.05, 0) is 54.3 Å². The van der Waals surface area contributed by atoms with E-state index in [2.05, 4.69) is 46.0 Å². The summed E-state index contributed by atoms with van der Waals surface area (Å²) in [6.45, 7) is 4.21. The second-order valence-corrected chi connectivity index (χ2v) is 5.97. The Morgan fingerprint density at radius 3 is 3.00 bits per heavy atom. The summed E-state index contributed by atoms with van der Waals surface area (Å²) in [6, 6.07) is 8.93. The van der Waals surface area contributed by atoms with E-state index in [1.54, 1.807) is 4.68 Å². The fourth-order valence-corrected chi connectivity index (χ4v) is 3.23. The SMILES string of the molecule is CCC1CCCC(Nc2cccc(-n3nnnc3C)c2)C1. The summed E-state index contributed by atoms with van der Waals surface area (Å²) in [5, 5.41) is 15.4. The molecule has 0 aliphatic heterocycles. The first kappa shape index (κ1) is 14.0. The molecule has 2 atom stereocenters. The van der Waals surface area contributed by atoms with Crippen molar-refractivity contribution in [2.45, 2.75) is 52.0 Å². The summed E-state index contributed by atoms with van der Waals surface area (Å²) in [5.41, 5.74) is 2.16. The van der Waals surface area contributed by atoms with E-state index in [4.69, 9.17) is 0 Å². The van der Waals surface area contributed by atoms with Gasteiger partial charge in [-0.1, -0.05) is 32.3 Å². The molecule has 0 saturated heterocycles. The van der Waals surface area contributed by atoms with Gasteiger partial charge in [-0.15, -0.1) is 5.10 Å². The van der Waals surface area contributed by atoms with E-state index in [0.717, 1.165) is 23.1 Å². The van der Waals surface area contributed by atoms with Crippen LogP contribution in [0, 0.1) is 12.8 Å². The van der Waals surface area contributed by atoms with Crippen molar-refractivity contribution in [3.8, 4) is 5.69 Å². The summed E-state index contributed by atoms with van der Waals surface area (Å²) < 4.78 is 1.76. The molecule has 2 aromatic rings. The predicted octanol–water partition coefficient (Wildman–Crippen LogP) is 3.35. The zero-order valence-electron chi connectivity index (χ0n) is 12.8. The highest BCUT2D eigenvalue weighted by Crippen LogP contribution is 2.29. The summed E-state index contributed by atoms with van der Waals surface area (Å²) in [7, 11) is 0. The third kappa shape index (κ3) is 3.23. The third-order valence-electron chi connectivity index (χ3n) is 4.45. The van der Waals surface area contributed by atoms with Gasteiger partial charge in [-0.25, -0.2) is 0 Å². The Morgan fingerprint density at radius 1 is 1.33 bits per heavy atom. The summed E-state index contributed by atoms with van der Waals surface area (Å²) >= 11 is 0. The van der Waals surface area contributed by atoms with Crippen LogP contribution in [-0.4, -0.2) is 26.2 Å². The van der Waals surface area contributed by atoms with Gasteiger partial charge >= 0.3 is 0 Å². The number of aryl methyl sites for hydroxylation is 1. The fourth-order valence-electron chi connectivity index (χ4n) is 3.23. The van der Waals surface area contributed by atoms with E-state index in [1.165, 1.54) is 32.1 Å². The largest absolute Gasteiger partial charge is 0.382 e. The fraction of sp³-hybridized carbons (Fsp3) is 0.562. The van der Waals surface area contributed by atoms with Crippen LogP contribution in [0.3, 0.4) is 0 Å². The number of benzene rings is 1. The van der Waals surface area contributed by atoms with Gasteiger partial charge in [0.05, 0.1) is 5.69 Å². The number of nitrogens with one attached hydrogen (secondary N) is 1. The van der Waals surface area contributed by atoms with Crippen LogP contribution in [0.15, 0.2) is 24.3 Å². The smallest absolute Gasteiger partial charge is 0.153 e. The van der Waals surface area contributed by atoms with E-state index < -0.39 is 0 Å². The van der Waals surface area contributed by atoms with Gasteiger partial charge in [0.25, 0.3) is 0 Å². The molecular weight excluding hydrogens is 262 g/mol. The van der Waals surface area contributed by atoms with Gasteiger partial charge in [0, 0.05) is 11.7 Å². The Hall–Kier alpha value is -1.91. The molecule has 21 heavy (non-hydrogen) atoms. The minimum Gasteiger partial charge on any atom is -0.382 e. The topological polar surface area (TPSA) is 55.6 Å². The number of nitrogens with zero attached hydrogens (tertiary/aromatic N) is 4. The highest BCUT2D eigenvalue weighted by Gasteiger charge is 2.20. The zero-order valence-corrected chi connectivity index (χ0v) is 12.8. The number of anilines is 1. The van der Waals surface area contributed by atoms with Crippen molar-refractivity contribution in [3.63, 3.8) is 0 Å². The molecule has 1 aliphatic rings. The Balaban J connectivity index is 1.73. The molecule has 1 aromatic carbocycles. The van der Waals surface area contributed by atoms with Crippen molar-refractivity contribution in [1.82, 2.24) is 20.2 Å². The number of rotatable bonds is 4. The second kappa shape index (κ2) is 6.24. The van der Waals surface area contributed by atoms with Crippen LogP contribution in [0.5, 0.6) is 0 Å². The molecule has 0 amide bonds. The lowest BCUT2D eigenvalue weighted by Crippen LogP contribution is -2.27. The van der Waals surface area contributed by atoms with Crippen molar-refractivity contribution in [3.05, 3.63) is 30.1 Å².